The van der Waals surface area contributed by atoms with Gasteiger partial charge in [-0.15, -0.1) is 0 Å². The van der Waals surface area contributed by atoms with Crippen molar-refractivity contribution in [3.05, 3.63) is 0 Å². The van der Waals surface area contributed by atoms with Gasteiger partial charge in [0.2, 0.25) is 0 Å². The van der Waals surface area contributed by atoms with E-state index in [0.717, 1.165) is 19.6 Å². The lowest BCUT2D eigenvalue weighted by molar-refractivity contribution is 0.108. The molecule has 0 heterocycles. The second-order valence-electron chi connectivity index (χ2n) is 1.75. The van der Waals surface area contributed by atoms with Gasteiger partial charge in [0.15, 0.2) is 0 Å². The Balaban J connectivity index is 2.60. The van der Waals surface area contributed by atoms with Crippen LogP contribution in [0.3, 0.4) is 0 Å². The Labute approximate surface area is 56.1 Å². The standard InChI is InChI=1S/C6H15NO2/c1-8-4-2-5-9-6-3-7/h2-7H2,1H3. The Kier molecular flexibility index (Phi) is 7.77. The summed E-state index contributed by atoms with van der Waals surface area (Å²) in [6.45, 7) is 2.78. The SMILES string of the molecule is COCCCOCCN. The molecule has 0 fully saturated rings. The average molecular weight is 133 g/mol. The Morgan fingerprint density at radius 3 is 2.56 bits per heavy atom. The van der Waals surface area contributed by atoms with Crippen LogP contribution in [0.5, 0.6) is 0 Å². The molecule has 0 aliphatic carbocycles. The van der Waals surface area contributed by atoms with Crippen LogP contribution < -0.4 is 5.73 Å². The smallest absolute Gasteiger partial charge is 0.0588 e. The summed E-state index contributed by atoms with van der Waals surface area (Å²) >= 11 is 0. The summed E-state index contributed by atoms with van der Waals surface area (Å²) in [5.74, 6) is 0. The number of nitrogens with two attached hydrogens (primary N) is 1. The molecule has 0 aromatic rings. The highest BCUT2D eigenvalue weighted by molar-refractivity contribution is 4.34. The zero-order chi connectivity index (χ0) is 6.95. The van der Waals surface area contributed by atoms with Crippen LogP contribution in [0.2, 0.25) is 0 Å². The Hall–Kier alpha value is -0.120. The molecule has 56 valence electrons. The van der Waals surface area contributed by atoms with Crippen LogP contribution in [-0.2, 0) is 9.47 Å². The molecule has 0 aromatic heterocycles. The largest absolute Gasteiger partial charge is 0.385 e. The zero-order valence-corrected chi connectivity index (χ0v) is 5.93. The molecule has 0 atom stereocenters. The molecule has 0 aliphatic heterocycles. The van der Waals surface area contributed by atoms with Crippen LogP contribution in [0, 0.1) is 0 Å². The van der Waals surface area contributed by atoms with E-state index in [-0.39, 0.29) is 0 Å². The van der Waals surface area contributed by atoms with E-state index in [1.165, 1.54) is 0 Å². The lowest BCUT2D eigenvalue weighted by atomic mass is 10.5. The summed E-state index contributed by atoms with van der Waals surface area (Å²) in [5.41, 5.74) is 5.19. The van der Waals surface area contributed by atoms with Gasteiger partial charge < -0.3 is 15.2 Å². The van der Waals surface area contributed by atoms with E-state index < -0.39 is 0 Å². The maximum Gasteiger partial charge on any atom is 0.0588 e. The minimum atomic E-state index is 0.604. The fourth-order valence-corrected chi connectivity index (χ4v) is 0.491. The van der Waals surface area contributed by atoms with Gasteiger partial charge in [-0.1, -0.05) is 0 Å². The van der Waals surface area contributed by atoms with Crippen LogP contribution in [0.25, 0.3) is 0 Å². The van der Waals surface area contributed by atoms with Crippen molar-refractivity contribution in [3.63, 3.8) is 0 Å². The molecule has 0 bridgehead atoms. The van der Waals surface area contributed by atoms with Crippen molar-refractivity contribution in [1.29, 1.82) is 0 Å². The number of methoxy groups -OCH3 is 1. The van der Waals surface area contributed by atoms with E-state index in [1.54, 1.807) is 7.11 Å². The first kappa shape index (κ1) is 8.88. The lowest BCUT2D eigenvalue weighted by Gasteiger charge is -1.99. The predicted octanol–water partition coefficient (Wildman–Crippen LogP) is -0.00180. The summed E-state index contributed by atoms with van der Waals surface area (Å²) < 4.78 is 9.89. The Morgan fingerprint density at radius 1 is 1.22 bits per heavy atom. The van der Waals surface area contributed by atoms with Crippen molar-refractivity contribution in [2.24, 2.45) is 5.73 Å². The Bertz CT molecular complexity index is 44.3. The maximum atomic E-state index is 5.19. The number of rotatable bonds is 6. The van der Waals surface area contributed by atoms with E-state index >= 15 is 0 Å². The van der Waals surface area contributed by atoms with Crippen molar-refractivity contribution in [2.75, 3.05) is 33.5 Å². The second-order valence-corrected chi connectivity index (χ2v) is 1.75. The van der Waals surface area contributed by atoms with Crippen LogP contribution in [-0.4, -0.2) is 33.5 Å². The fourth-order valence-electron chi connectivity index (χ4n) is 0.491. The van der Waals surface area contributed by atoms with Gasteiger partial charge in [-0.2, -0.15) is 0 Å². The van der Waals surface area contributed by atoms with Crippen molar-refractivity contribution >= 4 is 0 Å². The van der Waals surface area contributed by atoms with Crippen molar-refractivity contribution in [1.82, 2.24) is 0 Å². The third kappa shape index (κ3) is 7.88. The van der Waals surface area contributed by atoms with Gasteiger partial charge in [0.1, 0.15) is 0 Å². The summed E-state index contributed by atoms with van der Waals surface area (Å²) in [5, 5.41) is 0. The second kappa shape index (κ2) is 7.88. The number of hydrogen-bond acceptors (Lipinski definition) is 3. The average Bonchev–Trinajstić information content (AvgIpc) is 1.89. The van der Waals surface area contributed by atoms with Crippen molar-refractivity contribution in [3.8, 4) is 0 Å². The molecule has 3 nitrogen and oxygen atoms in total. The molecule has 3 heteroatoms. The quantitative estimate of drug-likeness (QED) is 0.519. The van der Waals surface area contributed by atoms with E-state index in [2.05, 4.69) is 0 Å². The molecule has 0 unspecified atom stereocenters. The van der Waals surface area contributed by atoms with E-state index in [9.17, 15) is 0 Å². The van der Waals surface area contributed by atoms with Gasteiger partial charge in [0.25, 0.3) is 0 Å². The van der Waals surface area contributed by atoms with Crippen LogP contribution in [0.4, 0.5) is 0 Å². The topological polar surface area (TPSA) is 44.5 Å². The lowest BCUT2D eigenvalue weighted by Crippen LogP contribution is -2.09. The first-order valence-corrected chi connectivity index (χ1v) is 3.18. The summed E-state index contributed by atoms with van der Waals surface area (Å²) in [4.78, 5) is 0. The molecule has 0 radical (unpaired) electrons. The van der Waals surface area contributed by atoms with Gasteiger partial charge in [0, 0.05) is 26.9 Å². The molecule has 0 amide bonds. The molecule has 2 N–H and O–H groups in total. The predicted molar refractivity (Wildman–Crippen MR) is 36.4 cm³/mol. The van der Waals surface area contributed by atoms with Gasteiger partial charge in [0.05, 0.1) is 6.61 Å². The van der Waals surface area contributed by atoms with E-state index in [1.807, 2.05) is 0 Å². The molecule has 0 spiro atoms. The molecular formula is C6H15NO2. The first-order chi connectivity index (χ1) is 4.41. The molecular weight excluding hydrogens is 118 g/mol. The van der Waals surface area contributed by atoms with Gasteiger partial charge >= 0.3 is 0 Å². The monoisotopic (exact) mass is 133 g/mol. The van der Waals surface area contributed by atoms with E-state index in [0.29, 0.717) is 13.2 Å². The number of ether oxygens (including phenoxy) is 2. The molecule has 0 saturated carbocycles. The summed E-state index contributed by atoms with van der Waals surface area (Å²) in [7, 11) is 1.68. The highest BCUT2D eigenvalue weighted by atomic mass is 16.5. The molecule has 0 rings (SSSR count). The third-order valence-electron chi connectivity index (χ3n) is 0.899. The minimum absolute atomic E-state index is 0.604. The van der Waals surface area contributed by atoms with Gasteiger partial charge in [-0.3, -0.25) is 0 Å². The summed E-state index contributed by atoms with van der Waals surface area (Å²) in [6.07, 6.45) is 0.955. The van der Waals surface area contributed by atoms with Gasteiger partial charge in [-0.25, -0.2) is 0 Å². The van der Waals surface area contributed by atoms with Crippen LogP contribution >= 0.6 is 0 Å². The summed E-state index contributed by atoms with van der Waals surface area (Å²) in [6, 6.07) is 0. The van der Waals surface area contributed by atoms with Crippen LogP contribution in [0.1, 0.15) is 6.42 Å². The minimum Gasteiger partial charge on any atom is -0.385 e. The maximum absolute atomic E-state index is 5.19. The van der Waals surface area contributed by atoms with Crippen molar-refractivity contribution in [2.45, 2.75) is 6.42 Å². The Morgan fingerprint density at radius 2 is 2.00 bits per heavy atom. The first-order valence-electron chi connectivity index (χ1n) is 3.18. The fraction of sp³-hybridized carbons (Fsp3) is 1.00. The highest BCUT2D eigenvalue weighted by Gasteiger charge is 1.84. The third-order valence-corrected chi connectivity index (χ3v) is 0.899. The van der Waals surface area contributed by atoms with Crippen LogP contribution in [0.15, 0.2) is 0 Å². The number of hydrogen-bond donors (Lipinski definition) is 1. The van der Waals surface area contributed by atoms with E-state index in [4.69, 9.17) is 15.2 Å². The molecule has 0 aromatic carbocycles. The van der Waals surface area contributed by atoms with Gasteiger partial charge in [-0.05, 0) is 6.42 Å². The zero-order valence-electron chi connectivity index (χ0n) is 5.93. The molecule has 0 saturated heterocycles. The molecule has 9 heavy (non-hydrogen) atoms. The highest BCUT2D eigenvalue weighted by Crippen LogP contribution is 1.81. The normalized spacial score (nSPS) is 10.0. The molecule has 0 aliphatic rings. The van der Waals surface area contributed by atoms with Crippen molar-refractivity contribution < 1.29 is 9.47 Å².